The fraction of sp³-hybridized carbons (Fsp3) is 0.200. The van der Waals surface area contributed by atoms with E-state index >= 15 is 0 Å². The van der Waals surface area contributed by atoms with Crippen LogP contribution in [0.2, 0.25) is 0 Å². The zero-order chi connectivity index (χ0) is 8.39. The Morgan fingerprint density at radius 1 is 1.15 bits per heavy atom. The number of halogens is 2. The molecule has 1 nitrogen and oxygen atoms in total. The van der Waals surface area contributed by atoms with Crippen LogP contribution in [0.25, 0.3) is 6.08 Å². The van der Waals surface area contributed by atoms with Crippen LogP contribution in [0.5, 0.6) is 0 Å². The van der Waals surface area contributed by atoms with Crippen molar-refractivity contribution in [3.63, 3.8) is 0 Å². The van der Waals surface area contributed by atoms with Crippen molar-refractivity contribution in [2.75, 3.05) is 13.1 Å². The van der Waals surface area contributed by atoms with Crippen LogP contribution >= 0.6 is 28.3 Å². The van der Waals surface area contributed by atoms with Gasteiger partial charge in [0.2, 0.25) is 0 Å². The summed E-state index contributed by atoms with van der Waals surface area (Å²) in [6.45, 7) is 2.10. The number of hydrogen-bond donors (Lipinski definition) is 1. The van der Waals surface area contributed by atoms with E-state index in [1.807, 2.05) is 0 Å². The maximum absolute atomic E-state index is 3.41. The Morgan fingerprint density at radius 3 is 2.23 bits per heavy atom. The Labute approximate surface area is 92.8 Å². The van der Waals surface area contributed by atoms with E-state index in [4.69, 9.17) is 0 Å². The van der Waals surface area contributed by atoms with Crippen LogP contribution in [0.1, 0.15) is 5.56 Å². The Bertz CT molecular complexity index is 299. The van der Waals surface area contributed by atoms with Crippen LogP contribution in [0, 0.1) is 0 Å². The summed E-state index contributed by atoms with van der Waals surface area (Å²) in [5.41, 5.74) is 2.77. The molecule has 0 aliphatic carbocycles. The number of benzene rings is 1. The Kier molecular flexibility index (Phi) is 3.97. The monoisotopic (exact) mass is 259 g/mol. The fourth-order valence-corrected chi connectivity index (χ4v) is 1.43. The van der Waals surface area contributed by atoms with Gasteiger partial charge in [-0.3, -0.25) is 0 Å². The molecule has 3 heteroatoms. The van der Waals surface area contributed by atoms with Crippen molar-refractivity contribution in [3.8, 4) is 0 Å². The third kappa shape index (κ3) is 2.83. The maximum Gasteiger partial charge on any atom is 0.0183 e. The first-order chi connectivity index (χ1) is 5.84. The second kappa shape index (κ2) is 4.80. The SMILES string of the molecule is Brc1ccc(C=C2CNC2)cc1.Cl. The quantitative estimate of drug-likeness (QED) is 0.819. The molecular formula is C10H11BrClN. The Morgan fingerprint density at radius 2 is 1.77 bits per heavy atom. The van der Waals surface area contributed by atoms with Gasteiger partial charge in [-0.2, -0.15) is 0 Å². The fourth-order valence-electron chi connectivity index (χ4n) is 1.17. The third-order valence-electron chi connectivity index (χ3n) is 1.94. The first-order valence-corrected chi connectivity index (χ1v) is 4.79. The summed E-state index contributed by atoms with van der Waals surface area (Å²) in [6.07, 6.45) is 2.24. The molecule has 1 saturated heterocycles. The van der Waals surface area contributed by atoms with Crippen molar-refractivity contribution in [1.82, 2.24) is 5.32 Å². The minimum Gasteiger partial charge on any atom is -0.309 e. The van der Waals surface area contributed by atoms with Crippen LogP contribution in [0.4, 0.5) is 0 Å². The van der Waals surface area contributed by atoms with Crippen molar-refractivity contribution in [1.29, 1.82) is 0 Å². The lowest BCUT2D eigenvalue weighted by Crippen LogP contribution is -2.33. The molecule has 0 spiro atoms. The van der Waals surface area contributed by atoms with E-state index in [-0.39, 0.29) is 12.4 Å². The van der Waals surface area contributed by atoms with Gasteiger partial charge in [-0.05, 0) is 23.3 Å². The predicted octanol–water partition coefficient (Wildman–Crippen LogP) is 2.86. The number of hydrogen-bond acceptors (Lipinski definition) is 1. The van der Waals surface area contributed by atoms with Gasteiger partial charge in [0.15, 0.2) is 0 Å². The molecule has 1 aromatic carbocycles. The molecule has 0 aromatic heterocycles. The molecule has 13 heavy (non-hydrogen) atoms. The molecule has 0 atom stereocenters. The molecule has 0 bridgehead atoms. The number of nitrogens with one attached hydrogen (secondary N) is 1. The van der Waals surface area contributed by atoms with Crippen LogP contribution in [-0.2, 0) is 0 Å². The average Bonchev–Trinajstić information content (AvgIpc) is 2.00. The predicted molar refractivity (Wildman–Crippen MR) is 62.2 cm³/mol. The lowest BCUT2D eigenvalue weighted by Gasteiger charge is -2.18. The lowest BCUT2D eigenvalue weighted by molar-refractivity contribution is 0.675. The van der Waals surface area contributed by atoms with Gasteiger partial charge in [-0.1, -0.05) is 34.1 Å². The second-order valence-corrected chi connectivity index (χ2v) is 3.87. The van der Waals surface area contributed by atoms with Gasteiger partial charge in [0.25, 0.3) is 0 Å². The van der Waals surface area contributed by atoms with Gasteiger partial charge < -0.3 is 5.32 Å². The van der Waals surface area contributed by atoms with E-state index in [1.165, 1.54) is 11.1 Å². The summed E-state index contributed by atoms with van der Waals surface area (Å²) in [5, 5.41) is 3.22. The first kappa shape index (κ1) is 10.8. The molecule has 1 aromatic rings. The average molecular weight is 261 g/mol. The van der Waals surface area contributed by atoms with Gasteiger partial charge in [-0.15, -0.1) is 12.4 Å². The van der Waals surface area contributed by atoms with Crippen molar-refractivity contribution < 1.29 is 0 Å². The molecule has 1 heterocycles. The molecule has 0 saturated carbocycles. The summed E-state index contributed by atoms with van der Waals surface area (Å²) in [6, 6.07) is 8.38. The van der Waals surface area contributed by atoms with Gasteiger partial charge in [-0.25, -0.2) is 0 Å². The molecule has 0 radical (unpaired) electrons. The lowest BCUT2D eigenvalue weighted by atomic mass is 10.1. The van der Waals surface area contributed by atoms with Crippen LogP contribution < -0.4 is 5.32 Å². The van der Waals surface area contributed by atoms with E-state index in [0.717, 1.165) is 17.6 Å². The third-order valence-corrected chi connectivity index (χ3v) is 2.47. The maximum atomic E-state index is 3.41. The summed E-state index contributed by atoms with van der Waals surface area (Å²) >= 11 is 3.41. The van der Waals surface area contributed by atoms with Gasteiger partial charge in [0.05, 0.1) is 0 Å². The largest absolute Gasteiger partial charge is 0.309 e. The molecule has 2 rings (SSSR count). The molecular weight excluding hydrogens is 249 g/mol. The van der Waals surface area contributed by atoms with E-state index < -0.39 is 0 Å². The molecule has 0 unspecified atom stereocenters. The van der Waals surface area contributed by atoms with E-state index in [0.29, 0.717) is 0 Å². The second-order valence-electron chi connectivity index (χ2n) is 2.96. The molecule has 1 fully saturated rings. The standard InChI is InChI=1S/C10H10BrN.ClH/c11-10-3-1-8(2-4-10)5-9-6-12-7-9;/h1-5,12H,6-7H2;1H. The summed E-state index contributed by atoms with van der Waals surface area (Å²) in [7, 11) is 0. The Hall–Kier alpha value is -0.310. The van der Waals surface area contributed by atoms with Crippen molar-refractivity contribution in [2.45, 2.75) is 0 Å². The minimum absolute atomic E-state index is 0. The molecule has 1 aliphatic heterocycles. The minimum atomic E-state index is 0. The Balaban J connectivity index is 0.000000845. The van der Waals surface area contributed by atoms with Crippen LogP contribution in [0.15, 0.2) is 34.3 Å². The smallest absolute Gasteiger partial charge is 0.0183 e. The van der Waals surface area contributed by atoms with Crippen molar-refractivity contribution in [2.24, 2.45) is 0 Å². The highest BCUT2D eigenvalue weighted by molar-refractivity contribution is 9.10. The highest BCUT2D eigenvalue weighted by Crippen LogP contribution is 2.14. The summed E-state index contributed by atoms with van der Waals surface area (Å²) < 4.78 is 1.14. The molecule has 1 N–H and O–H groups in total. The van der Waals surface area contributed by atoms with Crippen molar-refractivity contribution in [3.05, 3.63) is 39.9 Å². The first-order valence-electron chi connectivity index (χ1n) is 4.00. The highest BCUT2D eigenvalue weighted by Gasteiger charge is 2.05. The zero-order valence-electron chi connectivity index (χ0n) is 7.09. The number of rotatable bonds is 1. The summed E-state index contributed by atoms with van der Waals surface area (Å²) in [5.74, 6) is 0. The van der Waals surface area contributed by atoms with Crippen molar-refractivity contribution >= 4 is 34.4 Å². The zero-order valence-corrected chi connectivity index (χ0v) is 9.49. The van der Waals surface area contributed by atoms with Gasteiger partial charge >= 0.3 is 0 Å². The van der Waals surface area contributed by atoms with E-state index in [9.17, 15) is 0 Å². The topological polar surface area (TPSA) is 12.0 Å². The summed E-state index contributed by atoms with van der Waals surface area (Å²) in [4.78, 5) is 0. The van der Waals surface area contributed by atoms with Crippen LogP contribution in [-0.4, -0.2) is 13.1 Å². The molecule has 1 aliphatic rings. The molecule has 70 valence electrons. The van der Waals surface area contributed by atoms with Crippen LogP contribution in [0.3, 0.4) is 0 Å². The van der Waals surface area contributed by atoms with Gasteiger partial charge in [0, 0.05) is 17.6 Å². The van der Waals surface area contributed by atoms with Gasteiger partial charge in [0.1, 0.15) is 0 Å². The highest BCUT2D eigenvalue weighted by atomic mass is 79.9. The molecule has 0 amide bonds. The van der Waals surface area contributed by atoms with E-state index in [1.54, 1.807) is 0 Å². The van der Waals surface area contributed by atoms with E-state index in [2.05, 4.69) is 51.6 Å². The normalized spacial score (nSPS) is 14.4.